The van der Waals surface area contributed by atoms with Gasteiger partial charge in [0.15, 0.2) is 0 Å². The molecule has 0 saturated carbocycles. The van der Waals surface area contributed by atoms with Gasteiger partial charge in [0.2, 0.25) is 0 Å². The molecule has 47 valence electrons. The van der Waals surface area contributed by atoms with Crippen LogP contribution in [0.4, 0.5) is 0 Å². The first kappa shape index (κ1) is 6.72. The van der Waals surface area contributed by atoms with Crippen molar-refractivity contribution in [2.24, 2.45) is 0 Å². The van der Waals surface area contributed by atoms with Crippen molar-refractivity contribution in [2.45, 2.75) is 13.8 Å². The fraction of sp³-hybridized carbons (Fsp3) is 0.333. The molecule has 0 bridgehead atoms. The van der Waals surface area contributed by atoms with Crippen molar-refractivity contribution in [1.29, 1.82) is 0 Å². The summed E-state index contributed by atoms with van der Waals surface area (Å²) in [6.45, 7) is 3.91. The third-order valence-corrected chi connectivity index (χ3v) is 1.34. The van der Waals surface area contributed by atoms with Crippen molar-refractivity contribution in [3.05, 3.63) is 17.5 Å². The molecule has 0 amide bonds. The van der Waals surface area contributed by atoms with Crippen LogP contribution in [0, 0.1) is 13.8 Å². The predicted octanol–water partition coefficient (Wildman–Crippen LogP) is -0.113. The molecule has 0 fully saturated rings. The van der Waals surface area contributed by atoms with Crippen LogP contribution in [0.1, 0.15) is 11.4 Å². The molecule has 0 spiro atoms. The van der Waals surface area contributed by atoms with E-state index in [0.717, 1.165) is 16.1 Å². The van der Waals surface area contributed by atoms with Gasteiger partial charge in [-0.15, -0.1) is 0 Å². The predicted molar refractivity (Wildman–Crippen MR) is 36.9 cm³/mol. The Bertz CT molecular complexity index is 172. The minimum absolute atomic E-state index is 0.729. The van der Waals surface area contributed by atoms with Crippen molar-refractivity contribution in [1.82, 2.24) is 9.97 Å². The molecule has 0 atom stereocenters. The second-order valence-electron chi connectivity index (χ2n) is 1.93. The summed E-state index contributed by atoms with van der Waals surface area (Å²) in [5.41, 5.74) is 2.02. The molecule has 1 radical (unpaired) electrons. The van der Waals surface area contributed by atoms with E-state index in [4.69, 9.17) is 0 Å². The number of hydrogen-bond donors (Lipinski definition) is 0. The van der Waals surface area contributed by atoms with Gasteiger partial charge < -0.3 is 0 Å². The minimum atomic E-state index is 0.729. The summed E-state index contributed by atoms with van der Waals surface area (Å²) in [4.78, 5) is 8.14. The Morgan fingerprint density at radius 3 is 2.00 bits per heavy atom. The summed E-state index contributed by atoms with van der Waals surface area (Å²) in [7, 11) is 0. The topological polar surface area (TPSA) is 25.8 Å². The molecule has 1 heterocycles. The molecule has 0 N–H and O–H groups in total. The van der Waals surface area contributed by atoms with E-state index in [-0.39, 0.29) is 0 Å². The zero-order valence-corrected chi connectivity index (χ0v) is 7.09. The van der Waals surface area contributed by atoms with Crippen LogP contribution < -0.4 is 4.72 Å². The van der Waals surface area contributed by atoms with Crippen LogP contribution >= 0.6 is 0 Å². The van der Waals surface area contributed by atoms with E-state index < -0.39 is 0 Å². The van der Waals surface area contributed by atoms with Crippen molar-refractivity contribution < 1.29 is 0 Å². The Hall–Kier alpha value is -0.401. The number of aryl methyl sites for hydroxylation is 2. The Morgan fingerprint density at radius 1 is 1.22 bits per heavy atom. The average molecular weight is 186 g/mol. The van der Waals surface area contributed by atoms with Gasteiger partial charge in [-0.3, -0.25) is 0 Å². The molecule has 1 rings (SSSR count). The molecular weight excluding hydrogens is 179 g/mol. The quantitative estimate of drug-likeness (QED) is 0.528. The fourth-order valence-electron chi connectivity index (χ4n) is 0.694. The summed E-state index contributed by atoms with van der Waals surface area (Å²) in [6, 6.07) is 1.95. The summed E-state index contributed by atoms with van der Waals surface area (Å²) < 4.78 is 0.729. The maximum atomic E-state index is 4.07. The van der Waals surface area contributed by atoms with Crippen molar-refractivity contribution in [2.75, 3.05) is 0 Å². The van der Waals surface area contributed by atoms with Crippen LogP contribution in [0.3, 0.4) is 0 Å². The van der Waals surface area contributed by atoms with Crippen LogP contribution in [0.2, 0.25) is 0 Å². The summed E-state index contributed by atoms with van der Waals surface area (Å²) in [6.07, 6.45) is 0. The SMILES string of the molecule is Cc1cc(C)nc([Se])n1. The Kier molecular flexibility index (Phi) is 1.84. The molecule has 9 heavy (non-hydrogen) atoms. The normalized spacial score (nSPS) is 9.56. The second-order valence-corrected chi connectivity index (χ2v) is 2.70. The van der Waals surface area contributed by atoms with E-state index in [1.54, 1.807) is 0 Å². The Balaban J connectivity index is 3.17. The van der Waals surface area contributed by atoms with E-state index in [1.807, 2.05) is 19.9 Å². The van der Waals surface area contributed by atoms with E-state index >= 15 is 0 Å². The number of nitrogens with zero attached hydrogens (tertiary/aromatic N) is 2. The number of hydrogen-bond acceptors (Lipinski definition) is 2. The molecular formula is C6H7N2Se. The van der Waals surface area contributed by atoms with Crippen LogP contribution in [0.15, 0.2) is 6.07 Å². The van der Waals surface area contributed by atoms with Gasteiger partial charge in [-0.05, 0) is 0 Å². The van der Waals surface area contributed by atoms with Crippen LogP contribution in [-0.4, -0.2) is 26.0 Å². The Morgan fingerprint density at radius 2 is 1.67 bits per heavy atom. The number of aromatic nitrogens is 2. The molecule has 0 aliphatic rings. The van der Waals surface area contributed by atoms with Gasteiger partial charge in [0, 0.05) is 0 Å². The first-order chi connectivity index (χ1) is 4.18. The summed E-state index contributed by atoms with van der Waals surface area (Å²) in [5, 5.41) is 0. The van der Waals surface area contributed by atoms with Gasteiger partial charge in [0.05, 0.1) is 0 Å². The van der Waals surface area contributed by atoms with E-state index in [2.05, 4.69) is 26.0 Å². The molecule has 0 unspecified atom stereocenters. The molecule has 1 aromatic rings. The zero-order chi connectivity index (χ0) is 6.85. The standard InChI is InChI=1S/C6H7N2Se/c1-4-3-5(2)8-6(9)7-4/h3H,1-2H3. The van der Waals surface area contributed by atoms with Crippen molar-refractivity contribution >= 4 is 20.7 Å². The molecule has 0 saturated heterocycles. The van der Waals surface area contributed by atoms with Gasteiger partial charge >= 0.3 is 62.0 Å². The van der Waals surface area contributed by atoms with E-state index in [1.165, 1.54) is 0 Å². The van der Waals surface area contributed by atoms with Gasteiger partial charge in [0.25, 0.3) is 0 Å². The third-order valence-electron chi connectivity index (χ3n) is 0.962. The Labute approximate surface area is 62.5 Å². The number of rotatable bonds is 0. The van der Waals surface area contributed by atoms with Crippen LogP contribution in [0.5, 0.6) is 0 Å². The van der Waals surface area contributed by atoms with E-state index in [0.29, 0.717) is 0 Å². The molecule has 0 aliphatic heterocycles. The first-order valence-corrected chi connectivity index (χ1v) is 3.53. The van der Waals surface area contributed by atoms with E-state index in [9.17, 15) is 0 Å². The zero-order valence-electron chi connectivity index (χ0n) is 5.38. The maximum absolute atomic E-state index is 4.07. The van der Waals surface area contributed by atoms with Gasteiger partial charge in [0.1, 0.15) is 0 Å². The summed E-state index contributed by atoms with van der Waals surface area (Å²) >= 11 is 2.76. The van der Waals surface area contributed by atoms with Gasteiger partial charge in [-0.2, -0.15) is 0 Å². The molecule has 2 nitrogen and oxygen atoms in total. The second kappa shape index (κ2) is 2.46. The molecule has 1 aromatic heterocycles. The van der Waals surface area contributed by atoms with Gasteiger partial charge in [-0.1, -0.05) is 0 Å². The van der Waals surface area contributed by atoms with Crippen molar-refractivity contribution in [3.8, 4) is 0 Å². The monoisotopic (exact) mass is 187 g/mol. The van der Waals surface area contributed by atoms with Crippen molar-refractivity contribution in [3.63, 3.8) is 0 Å². The average Bonchev–Trinajstić information content (AvgIpc) is 1.59. The van der Waals surface area contributed by atoms with Crippen LogP contribution in [-0.2, 0) is 0 Å². The molecule has 3 heteroatoms. The first-order valence-electron chi connectivity index (χ1n) is 2.68. The fourth-order valence-corrected chi connectivity index (χ4v) is 1.30. The van der Waals surface area contributed by atoms with Gasteiger partial charge in [-0.25, -0.2) is 0 Å². The third kappa shape index (κ3) is 1.77. The molecule has 0 aliphatic carbocycles. The van der Waals surface area contributed by atoms with Crippen LogP contribution in [0.25, 0.3) is 0 Å². The molecule has 0 aromatic carbocycles. The summed E-state index contributed by atoms with van der Waals surface area (Å²) in [5.74, 6) is 0.